The summed E-state index contributed by atoms with van der Waals surface area (Å²) < 4.78 is 58.9. The Bertz CT molecular complexity index is 1290. The van der Waals surface area contributed by atoms with Gasteiger partial charge in [-0.2, -0.15) is 5.10 Å². The first-order valence-electron chi connectivity index (χ1n) is 9.88. The van der Waals surface area contributed by atoms with Crippen molar-refractivity contribution in [2.75, 3.05) is 5.32 Å². The molecule has 0 saturated carbocycles. The first-order valence-corrected chi connectivity index (χ1v) is 11.1. The third-order valence-corrected chi connectivity index (χ3v) is 6.14. The number of benzene rings is 2. The van der Waals surface area contributed by atoms with Crippen LogP contribution in [0.15, 0.2) is 80.9 Å². The molecule has 0 unspecified atom stereocenters. The van der Waals surface area contributed by atoms with E-state index in [1.807, 2.05) is 42.5 Å². The molecule has 0 radical (unpaired) electrons. The van der Waals surface area contributed by atoms with Crippen molar-refractivity contribution < 1.29 is 26.8 Å². The lowest BCUT2D eigenvalue weighted by Crippen LogP contribution is -2.11. The average molecular weight is 510 g/mol. The first-order chi connectivity index (χ1) is 16.3. The summed E-state index contributed by atoms with van der Waals surface area (Å²) in [6.45, 7) is -0.403. The lowest BCUT2D eigenvalue weighted by atomic mass is 10.3. The van der Waals surface area contributed by atoms with E-state index in [4.69, 9.17) is 16.0 Å². The smallest absolute Gasteiger partial charge is 0.291 e. The van der Waals surface area contributed by atoms with E-state index in [0.717, 1.165) is 9.79 Å². The molecule has 4 rings (SSSR count). The van der Waals surface area contributed by atoms with Crippen molar-refractivity contribution in [2.24, 2.45) is 0 Å². The summed E-state index contributed by atoms with van der Waals surface area (Å²) in [5, 5.41) is 5.47. The minimum atomic E-state index is -3.12. The number of hydrogen-bond acceptors (Lipinski definition) is 4. The van der Waals surface area contributed by atoms with Crippen molar-refractivity contribution in [3.05, 3.63) is 94.7 Å². The summed E-state index contributed by atoms with van der Waals surface area (Å²) >= 11 is 7.13. The fourth-order valence-corrected chi connectivity index (χ4v) is 4.35. The van der Waals surface area contributed by atoms with Gasteiger partial charge in [-0.3, -0.25) is 9.48 Å². The zero-order chi connectivity index (χ0) is 24.2. The number of nitrogens with one attached hydrogen (secondary N) is 1. The second-order valence-corrected chi connectivity index (χ2v) is 8.47. The number of halogens is 5. The van der Waals surface area contributed by atoms with Crippen molar-refractivity contribution in [2.45, 2.75) is 29.2 Å². The van der Waals surface area contributed by atoms with Gasteiger partial charge in [0.2, 0.25) is 0 Å². The Morgan fingerprint density at radius 1 is 1.00 bits per heavy atom. The zero-order valence-corrected chi connectivity index (χ0v) is 18.8. The van der Waals surface area contributed by atoms with E-state index in [2.05, 4.69) is 10.4 Å². The quantitative estimate of drug-likeness (QED) is 0.250. The molecule has 0 aliphatic rings. The normalized spacial score (nSPS) is 11.4. The SMILES string of the molecule is O=C(Nc1ccccc1Sc1ccccc1)c1ccc(Cn2nc(C(F)F)c(Cl)c2C(F)F)o1. The predicted octanol–water partition coefficient (Wildman–Crippen LogP) is 7.46. The number of para-hydroxylation sites is 1. The van der Waals surface area contributed by atoms with Crippen LogP contribution in [-0.4, -0.2) is 15.7 Å². The molecule has 0 saturated heterocycles. The summed E-state index contributed by atoms with van der Waals surface area (Å²) in [5.41, 5.74) is -1.22. The molecular formula is C23H16ClF4N3O2S. The molecule has 0 fully saturated rings. The van der Waals surface area contributed by atoms with Gasteiger partial charge in [0.05, 0.1) is 17.3 Å². The minimum absolute atomic E-state index is 0.0685. The summed E-state index contributed by atoms with van der Waals surface area (Å²) in [6.07, 6.45) is -6.23. The molecule has 2 aromatic carbocycles. The number of nitrogens with zero attached hydrogens (tertiary/aromatic N) is 2. The molecule has 0 aliphatic carbocycles. The maximum atomic E-state index is 13.4. The summed E-state index contributed by atoms with van der Waals surface area (Å²) in [5.74, 6) is -0.576. The molecule has 1 amide bonds. The van der Waals surface area contributed by atoms with Gasteiger partial charge in [0.1, 0.15) is 17.1 Å². The average Bonchev–Trinajstić information content (AvgIpc) is 3.40. The summed E-state index contributed by atoms with van der Waals surface area (Å²) in [7, 11) is 0. The Kier molecular flexibility index (Phi) is 7.28. The van der Waals surface area contributed by atoms with Gasteiger partial charge < -0.3 is 9.73 Å². The van der Waals surface area contributed by atoms with Crippen LogP contribution in [0.3, 0.4) is 0 Å². The maximum Gasteiger partial charge on any atom is 0.291 e. The van der Waals surface area contributed by atoms with Crippen molar-refractivity contribution in [1.29, 1.82) is 0 Å². The predicted molar refractivity (Wildman–Crippen MR) is 120 cm³/mol. The van der Waals surface area contributed by atoms with Crippen LogP contribution in [0.25, 0.3) is 0 Å². The number of hydrogen-bond donors (Lipinski definition) is 1. The van der Waals surface area contributed by atoms with Gasteiger partial charge in [0.15, 0.2) is 5.76 Å². The van der Waals surface area contributed by atoms with Crippen LogP contribution in [0.1, 0.15) is 40.6 Å². The number of anilines is 1. The highest BCUT2D eigenvalue weighted by Gasteiger charge is 2.28. The maximum absolute atomic E-state index is 13.4. The number of alkyl halides is 4. The number of carbonyl (C=O) groups excluding carboxylic acids is 1. The topological polar surface area (TPSA) is 60.1 Å². The molecule has 5 nitrogen and oxygen atoms in total. The molecule has 11 heteroatoms. The van der Waals surface area contributed by atoms with Gasteiger partial charge in [0, 0.05) is 9.79 Å². The number of furan rings is 1. The molecule has 4 aromatic rings. The van der Waals surface area contributed by atoms with Gasteiger partial charge in [-0.1, -0.05) is 53.7 Å². The van der Waals surface area contributed by atoms with Gasteiger partial charge in [0.25, 0.3) is 18.8 Å². The lowest BCUT2D eigenvalue weighted by molar-refractivity contribution is 0.0993. The Morgan fingerprint density at radius 2 is 1.71 bits per heavy atom. The highest BCUT2D eigenvalue weighted by atomic mass is 35.5. The fourth-order valence-electron chi connectivity index (χ4n) is 3.13. The molecule has 2 aromatic heterocycles. The van der Waals surface area contributed by atoms with E-state index in [1.165, 1.54) is 23.9 Å². The first kappa shape index (κ1) is 23.9. The summed E-state index contributed by atoms with van der Waals surface area (Å²) in [4.78, 5) is 14.5. The number of amides is 1. The molecule has 2 heterocycles. The van der Waals surface area contributed by atoms with Crippen LogP contribution >= 0.6 is 23.4 Å². The van der Waals surface area contributed by atoms with E-state index < -0.39 is 41.7 Å². The second kappa shape index (κ2) is 10.4. The molecule has 34 heavy (non-hydrogen) atoms. The number of aromatic nitrogens is 2. The highest BCUT2D eigenvalue weighted by molar-refractivity contribution is 7.99. The van der Waals surface area contributed by atoms with Crippen LogP contribution in [0.2, 0.25) is 5.02 Å². The van der Waals surface area contributed by atoms with E-state index in [-0.39, 0.29) is 11.5 Å². The Labute approximate surface area is 200 Å². The highest BCUT2D eigenvalue weighted by Crippen LogP contribution is 2.35. The van der Waals surface area contributed by atoms with Crippen LogP contribution in [0.5, 0.6) is 0 Å². The molecular weight excluding hydrogens is 494 g/mol. The third-order valence-electron chi connectivity index (χ3n) is 4.67. The van der Waals surface area contributed by atoms with Crippen molar-refractivity contribution in [3.63, 3.8) is 0 Å². The van der Waals surface area contributed by atoms with Crippen molar-refractivity contribution in [3.8, 4) is 0 Å². The molecule has 0 atom stereocenters. The minimum Gasteiger partial charge on any atom is -0.454 e. The number of carbonyl (C=O) groups is 1. The van der Waals surface area contributed by atoms with Gasteiger partial charge in [-0.25, -0.2) is 17.6 Å². The largest absolute Gasteiger partial charge is 0.454 e. The molecule has 0 aliphatic heterocycles. The van der Waals surface area contributed by atoms with Gasteiger partial charge in [-0.05, 0) is 36.4 Å². The van der Waals surface area contributed by atoms with E-state index in [1.54, 1.807) is 12.1 Å². The van der Waals surface area contributed by atoms with E-state index in [0.29, 0.717) is 10.4 Å². The van der Waals surface area contributed by atoms with E-state index in [9.17, 15) is 22.4 Å². The lowest BCUT2D eigenvalue weighted by Gasteiger charge is -2.10. The van der Waals surface area contributed by atoms with Crippen molar-refractivity contribution >= 4 is 35.0 Å². The standard InChI is InChI=1S/C23H16ClF4N3O2S/c24-18-19(21(25)26)30-31(20(18)22(27)28)12-13-10-11-16(33-13)23(32)29-15-8-4-5-9-17(15)34-14-6-2-1-3-7-14/h1-11,21-22H,12H2,(H,29,32). The molecule has 1 N–H and O–H groups in total. The monoisotopic (exact) mass is 509 g/mol. The van der Waals surface area contributed by atoms with Crippen molar-refractivity contribution in [1.82, 2.24) is 9.78 Å². The van der Waals surface area contributed by atoms with E-state index >= 15 is 0 Å². The van der Waals surface area contributed by atoms with Gasteiger partial charge >= 0.3 is 0 Å². The third kappa shape index (κ3) is 5.28. The molecule has 0 bridgehead atoms. The Balaban J connectivity index is 1.51. The van der Waals surface area contributed by atoms with Crippen LogP contribution in [0.4, 0.5) is 23.2 Å². The fraction of sp³-hybridized carbons (Fsp3) is 0.130. The van der Waals surface area contributed by atoms with Gasteiger partial charge in [-0.15, -0.1) is 0 Å². The molecule has 0 spiro atoms. The second-order valence-electron chi connectivity index (χ2n) is 6.97. The van der Waals surface area contributed by atoms with Crippen LogP contribution in [-0.2, 0) is 6.54 Å². The van der Waals surface area contributed by atoms with Crippen LogP contribution in [0, 0.1) is 0 Å². The Hall–Kier alpha value is -3.24. The Morgan fingerprint density at radius 3 is 2.41 bits per heavy atom. The number of rotatable bonds is 8. The van der Waals surface area contributed by atoms with Crippen LogP contribution < -0.4 is 5.32 Å². The summed E-state index contributed by atoms with van der Waals surface area (Å²) in [6, 6.07) is 19.5. The zero-order valence-electron chi connectivity index (χ0n) is 17.2. The molecule has 176 valence electrons.